The Hall–Kier alpha value is -2.89. The molecule has 136 valence electrons. The summed E-state index contributed by atoms with van der Waals surface area (Å²) in [4.78, 5) is 25.4. The zero-order valence-electron chi connectivity index (χ0n) is 14.8. The molecule has 0 saturated heterocycles. The SMILES string of the molecule is CN(C(=O)c1cc([N+](=O)[O-])ccc1Oc1ccccc1)C1CCCCC1. The van der Waals surface area contributed by atoms with Crippen molar-refractivity contribution in [2.24, 2.45) is 0 Å². The van der Waals surface area contributed by atoms with Crippen molar-refractivity contribution < 1.29 is 14.5 Å². The molecule has 1 saturated carbocycles. The maximum atomic E-state index is 13.1. The summed E-state index contributed by atoms with van der Waals surface area (Å²) in [7, 11) is 1.77. The van der Waals surface area contributed by atoms with Gasteiger partial charge in [-0.2, -0.15) is 0 Å². The second-order valence-electron chi connectivity index (χ2n) is 6.56. The smallest absolute Gasteiger partial charge is 0.270 e. The van der Waals surface area contributed by atoms with Gasteiger partial charge in [-0.3, -0.25) is 14.9 Å². The van der Waals surface area contributed by atoms with Crippen molar-refractivity contribution in [1.29, 1.82) is 0 Å². The van der Waals surface area contributed by atoms with Crippen LogP contribution in [0.15, 0.2) is 48.5 Å². The number of hydrogen-bond acceptors (Lipinski definition) is 4. The van der Waals surface area contributed by atoms with Crippen molar-refractivity contribution in [3.8, 4) is 11.5 Å². The van der Waals surface area contributed by atoms with Crippen LogP contribution in [-0.4, -0.2) is 28.8 Å². The minimum atomic E-state index is -0.496. The summed E-state index contributed by atoms with van der Waals surface area (Å²) in [5.41, 5.74) is 0.0990. The molecule has 0 aliphatic heterocycles. The van der Waals surface area contributed by atoms with Crippen LogP contribution in [0.25, 0.3) is 0 Å². The van der Waals surface area contributed by atoms with Gasteiger partial charge >= 0.3 is 0 Å². The van der Waals surface area contributed by atoms with Crippen LogP contribution in [0.2, 0.25) is 0 Å². The van der Waals surface area contributed by atoms with E-state index in [0.717, 1.165) is 25.7 Å². The number of benzene rings is 2. The molecule has 0 radical (unpaired) electrons. The number of hydrogen-bond donors (Lipinski definition) is 0. The van der Waals surface area contributed by atoms with Crippen molar-refractivity contribution in [3.05, 3.63) is 64.2 Å². The van der Waals surface area contributed by atoms with Crippen LogP contribution in [0, 0.1) is 10.1 Å². The summed E-state index contributed by atoms with van der Waals surface area (Å²) >= 11 is 0. The van der Waals surface area contributed by atoms with Gasteiger partial charge in [0, 0.05) is 25.2 Å². The number of nitro benzene ring substituents is 1. The Morgan fingerprint density at radius 1 is 1.12 bits per heavy atom. The largest absolute Gasteiger partial charge is 0.457 e. The van der Waals surface area contributed by atoms with Gasteiger partial charge < -0.3 is 9.64 Å². The molecule has 0 N–H and O–H groups in total. The van der Waals surface area contributed by atoms with Crippen molar-refractivity contribution >= 4 is 11.6 Å². The lowest BCUT2D eigenvalue weighted by Crippen LogP contribution is -2.38. The van der Waals surface area contributed by atoms with E-state index in [9.17, 15) is 14.9 Å². The quantitative estimate of drug-likeness (QED) is 0.571. The first-order chi connectivity index (χ1) is 12.6. The highest BCUT2D eigenvalue weighted by atomic mass is 16.6. The van der Waals surface area contributed by atoms with E-state index in [1.54, 1.807) is 24.1 Å². The van der Waals surface area contributed by atoms with Crippen LogP contribution in [0.4, 0.5) is 5.69 Å². The second-order valence-corrected chi connectivity index (χ2v) is 6.56. The van der Waals surface area contributed by atoms with Gasteiger partial charge in [-0.05, 0) is 31.0 Å². The van der Waals surface area contributed by atoms with Crippen LogP contribution >= 0.6 is 0 Å². The zero-order valence-corrected chi connectivity index (χ0v) is 14.8. The van der Waals surface area contributed by atoms with Gasteiger partial charge in [-0.1, -0.05) is 37.5 Å². The van der Waals surface area contributed by atoms with E-state index >= 15 is 0 Å². The number of rotatable bonds is 5. The Bertz CT molecular complexity index is 786. The van der Waals surface area contributed by atoms with E-state index in [1.165, 1.54) is 24.6 Å². The second kappa shape index (κ2) is 7.99. The van der Waals surface area contributed by atoms with E-state index in [2.05, 4.69) is 0 Å². The number of ether oxygens (including phenoxy) is 1. The Morgan fingerprint density at radius 3 is 2.46 bits per heavy atom. The number of nitro groups is 1. The standard InChI is InChI=1S/C20H22N2O4/c1-21(15-8-4-2-5-9-15)20(23)18-14-16(22(24)25)12-13-19(18)26-17-10-6-3-7-11-17/h3,6-7,10-15H,2,4-5,8-9H2,1H3. The highest BCUT2D eigenvalue weighted by Gasteiger charge is 2.26. The molecule has 3 rings (SSSR count). The fourth-order valence-corrected chi connectivity index (χ4v) is 3.33. The minimum Gasteiger partial charge on any atom is -0.457 e. The van der Waals surface area contributed by atoms with Crippen LogP contribution in [0.5, 0.6) is 11.5 Å². The lowest BCUT2D eigenvalue weighted by atomic mass is 9.94. The monoisotopic (exact) mass is 354 g/mol. The summed E-state index contributed by atoms with van der Waals surface area (Å²) in [5.74, 6) is 0.664. The lowest BCUT2D eigenvalue weighted by Gasteiger charge is -2.31. The Kier molecular flexibility index (Phi) is 5.51. The van der Waals surface area contributed by atoms with Gasteiger partial charge in [0.2, 0.25) is 0 Å². The maximum absolute atomic E-state index is 13.1. The molecule has 0 unspecified atom stereocenters. The molecular weight excluding hydrogens is 332 g/mol. The zero-order chi connectivity index (χ0) is 18.5. The van der Waals surface area contributed by atoms with Gasteiger partial charge in [0.05, 0.1) is 10.5 Å². The molecule has 26 heavy (non-hydrogen) atoms. The van der Waals surface area contributed by atoms with Crippen LogP contribution in [0.1, 0.15) is 42.5 Å². The molecule has 1 aliphatic carbocycles. The number of carbonyl (C=O) groups excluding carboxylic acids is 1. The highest BCUT2D eigenvalue weighted by Crippen LogP contribution is 2.31. The molecule has 2 aromatic rings. The first-order valence-corrected chi connectivity index (χ1v) is 8.85. The van der Waals surface area contributed by atoms with E-state index < -0.39 is 4.92 Å². The molecular formula is C20H22N2O4. The predicted molar refractivity (Wildman–Crippen MR) is 98.6 cm³/mol. The van der Waals surface area contributed by atoms with Gasteiger partial charge in [0.1, 0.15) is 11.5 Å². The summed E-state index contributed by atoms with van der Waals surface area (Å²) in [6.07, 6.45) is 5.32. The molecule has 1 amide bonds. The molecule has 0 heterocycles. The van der Waals surface area contributed by atoms with Crippen molar-refractivity contribution in [2.75, 3.05) is 7.05 Å². The number of non-ortho nitro benzene ring substituents is 1. The highest BCUT2D eigenvalue weighted by molar-refractivity contribution is 5.97. The maximum Gasteiger partial charge on any atom is 0.270 e. The van der Waals surface area contributed by atoms with E-state index in [4.69, 9.17) is 4.74 Å². The molecule has 1 aliphatic rings. The summed E-state index contributed by atoms with van der Waals surface area (Å²) < 4.78 is 5.83. The Morgan fingerprint density at radius 2 is 1.81 bits per heavy atom. The van der Waals surface area contributed by atoms with Crippen molar-refractivity contribution in [1.82, 2.24) is 4.90 Å². The van der Waals surface area contributed by atoms with Gasteiger partial charge in [0.15, 0.2) is 0 Å². The Labute approximate surface area is 152 Å². The molecule has 0 bridgehead atoms. The van der Waals surface area contributed by atoms with E-state index in [1.807, 2.05) is 18.2 Å². The fraction of sp³-hybridized carbons (Fsp3) is 0.350. The Balaban J connectivity index is 1.92. The van der Waals surface area contributed by atoms with Gasteiger partial charge in [-0.25, -0.2) is 0 Å². The molecule has 0 aromatic heterocycles. The fourth-order valence-electron chi connectivity index (χ4n) is 3.33. The lowest BCUT2D eigenvalue weighted by molar-refractivity contribution is -0.384. The van der Waals surface area contributed by atoms with Crippen LogP contribution < -0.4 is 4.74 Å². The number of nitrogens with zero attached hydrogens (tertiary/aromatic N) is 2. The molecule has 6 heteroatoms. The topological polar surface area (TPSA) is 72.7 Å². The predicted octanol–water partition coefficient (Wildman–Crippen LogP) is 4.79. The summed E-state index contributed by atoms with van der Waals surface area (Å²) in [6, 6.07) is 13.4. The molecule has 0 atom stereocenters. The third-order valence-corrected chi connectivity index (χ3v) is 4.82. The molecule has 2 aromatic carbocycles. The third-order valence-electron chi connectivity index (χ3n) is 4.82. The van der Waals surface area contributed by atoms with Crippen LogP contribution in [-0.2, 0) is 0 Å². The average molecular weight is 354 g/mol. The van der Waals surface area contributed by atoms with Crippen molar-refractivity contribution in [2.45, 2.75) is 38.1 Å². The van der Waals surface area contributed by atoms with Gasteiger partial charge in [0.25, 0.3) is 11.6 Å². The summed E-state index contributed by atoms with van der Waals surface area (Å²) in [5, 5.41) is 11.2. The number of carbonyl (C=O) groups is 1. The summed E-state index contributed by atoms with van der Waals surface area (Å²) in [6.45, 7) is 0. The van der Waals surface area contributed by atoms with Crippen molar-refractivity contribution in [3.63, 3.8) is 0 Å². The number of para-hydroxylation sites is 1. The van der Waals surface area contributed by atoms with Gasteiger partial charge in [-0.15, -0.1) is 0 Å². The first kappa shape index (κ1) is 17.9. The van der Waals surface area contributed by atoms with E-state index in [-0.39, 0.29) is 23.2 Å². The molecule has 6 nitrogen and oxygen atoms in total. The molecule has 0 spiro atoms. The number of amides is 1. The first-order valence-electron chi connectivity index (χ1n) is 8.85. The minimum absolute atomic E-state index is 0.120. The average Bonchev–Trinajstić information content (AvgIpc) is 2.68. The van der Waals surface area contributed by atoms with Crippen LogP contribution in [0.3, 0.4) is 0 Å². The normalized spacial score (nSPS) is 14.7. The van der Waals surface area contributed by atoms with E-state index in [0.29, 0.717) is 11.5 Å². The third kappa shape index (κ3) is 4.02. The molecule has 1 fully saturated rings.